The molecule has 0 fully saturated rings. The van der Waals surface area contributed by atoms with Gasteiger partial charge in [-0.05, 0) is 35.9 Å². The number of nitrogens with zero attached hydrogens (tertiary/aromatic N) is 3. The van der Waals surface area contributed by atoms with Crippen LogP contribution in [0, 0.1) is 0 Å². The van der Waals surface area contributed by atoms with Crippen LogP contribution in [0.5, 0.6) is 11.5 Å². The van der Waals surface area contributed by atoms with Gasteiger partial charge in [0.05, 0.1) is 39.6 Å². The highest BCUT2D eigenvalue weighted by atomic mass is 16.5. The first-order valence-corrected chi connectivity index (χ1v) is 10.7. The number of ether oxygens (including phenoxy) is 3. The van der Waals surface area contributed by atoms with Gasteiger partial charge in [0.1, 0.15) is 11.5 Å². The van der Waals surface area contributed by atoms with E-state index in [1.54, 1.807) is 43.3 Å². The number of amides is 2. The number of aromatic nitrogens is 3. The van der Waals surface area contributed by atoms with Gasteiger partial charge in [-0.25, -0.2) is 14.5 Å². The second-order valence-electron chi connectivity index (χ2n) is 7.61. The molecule has 4 rings (SSSR count). The Labute approximate surface area is 201 Å². The van der Waals surface area contributed by atoms with Crippen LogP contribution in [-0.2, 0) is 17.8 Å². The second kappa shape index (κ2) is 10.6. The average molecular weight is 476 g/mol. The van der Waals surface area contributed by atoms with E-state index < -0.39 is 6.09 Å². The van der Waals surface area contributed by atoms with Crippen LogP contribution in [0.4, 0.5) is 10.5 Å². The van der Waals surface area contributed by atoms with Crippen LogP contribution in [0.1, 0.15) is 21.5 Å². The molecule has 2 N–H and O–H groups in total. The van der Waals surface area contributed by atoms with Crippen molar-refractivity contribution in [3.05, 3.63) is 77.6 Å². The van der Waals surface area contributed by atoms with Crippen molar-refractivity contribution < 1.29 is 23.8 Å². The number of nitrogens with one attached hydrogen (secondary N) is 2. The molecule has 0 atom stereocenters. The van der Waals surface area contributed by atoms with Crippen molar-refractivity contribution in [1.29, 1.82) is 0 Å². The van der Waals surface area contributed by atoms with Gasteiger partial charge in [0, 0.05) is 35.4 Å². The summed E-state index contributed by atoms with van der Waals surface area (Å²) in [6.07, 6.45) is 2.67. The Hall–Kier alpha value is -4.60. The lowest BCUT2D eigenvalue weighted by Crippen LogP contribution is -2.23. The maximum absolute atomic E-state index is 12.7. The highest BCUT2D eigenvalue weighted by Gasteiger charge is 2.13. The number of benzene rings is 2. The predicted molar refractivity (Wildman–Crippen MR) is 130 cm³/mol. The molecule has 0 aliphatic carbocycles. The quantitative estimate of drug-likeness (QED) is 0.400. The first-order valence-electron chi connectivity index (χ1n) is 10.7. The molecule has 0 unspecified atom stereocenters. The predicted octanol–water partition coefficient (Wildman–Crippen LogP) is 3.61. The molecular weight excluding hydrogens is 450 g/mol. The van der Waals surface area contributed by atoms with E-state index >= 15 is 0 Å². The summed E-state index contributed by atoms with van der Waals surface area (Å²) in [5.74, 6) is 1.15. The number of rotatable bonds is 8. The summed E-state index contributed by atoms with van der Waals surface area (Å²) in [6.45, 7) is 0.780. The maximum Gasteiger partial charge on any atom is 0.411 e. The van der Waals surface area contributed by atoms with Crippen molar-refractivity contribution >= 4 is 28.7 Å². The smallest absolute Gasteiger partial charge is 0.411 e. The minimum atomic E-state index is -0.541. The zero-order valence-corrected chi connectivity index (χ0v) is 19.6. The van der Waals surface area contributed by atoms with Gasteiger partial charge in [-0.15, -0.1) is 0 Å². The van der Waals surface area contributed by atoms with Crippen LogP contribution in [0.2, 0.25) is 0 Å². The van der Waals surface area contributed by atoms with E-state index in [-0.39, 0.29) is 5.91 Å². The summed E-state index contributed by atoms with van der Waals surface area (Å²) < 4.78 is 17.0. The third-order valence-electron chi connectivity index (χ3n) is 5.39. The molecule has 2 aromatic carbocycles. The van der Waals surface area contributed by atoms with E-state index in [1.807, 2.05) is 30.3 Å². The normalized spacial score (nSPS) is 10.6. The van der Waals surface area contributed by atoms with E-state index in [1.165, 1.54) is 13.3 Å². The SMILES string of the molecule is COC(=O)Nc1ccc(CNC(=O)c2cnc3c(cnn3Cc3ccc(OC)cc3OC)c2)cc1. The van der Waals surface area contributed by atoms with Crippen LogP contribution in [-0.4, -0.2) is 48.1 Å². The topological polar surface area (TPSA) is 117 Å². The number of fused-ring (bicyclic) bond motifs is 1. The van der Waals surface area contributed by atoms with Gasteiger partial charge in [0.15, 0.2) is 5.65 Å². The first kappa shape index (κ1) is 23.6. The molecule has 0 aliphatic heterocycles. The minimum absolute atomic E-state index is 0.249. The Balaban J connectivity index is 1.42. The van der Waals surface area contributed by atoms with Gasteiger partial charge >= 0.3 is 6.09 Å². The van der Waals surface area contributed by atoms with Crippen LogP contribution in [0.25, 0.3) is 11.0 Å². The average Bonchev–Trinajstić information content (AvgIpc) is 3.30. The number of methoxy groups -OCH3 is 3. The molecule has 0 radical (unpaired) electrons. The lowest BCUT2D eigenvalue weighted by Gasteiger charge is -2.11. The van der Waals surface area contributed by atoms with Crippen molar-refractivity contribution in [3.63, 3.8) is 0 Å². The van der Waals surface area contributed by atoms with Crippen molar-refractivity contribution in [2.24, 2.45) is 0 Å². The van der Waals surface area contributed by atoms with E-state index in [2.05, 4.69) is 25.5 Å². The molecule has 0 saturated carbocycles. The molecule has 0 bridgehead atoms. The van der Waals surface area contributed by atoms with E-state index in [4.69, 9.17) is 9.47 Å². The van der Waals surface area contributed by atoms with Gasteiger partial charge in [-0.2, -0.15) is 5.10 Å². The molecule has 0 saturated heterocycles. The molecule has 2 aromatic heterocycles. The summed E-state index contributed by atoms with van der Waals surface area (Å²) in [5, 5.41) is 10.6. The van der Waals surface area contributed by atoms with Crippen LogP contribution >= 0.6 is 0 Å². The number of carbonyl (C=O) groups is 2. The molecule has 35 heavy (non-hydrogen) atoms. The summed E-state index contributed by atoms with van der Waals surface area (Å²) in [4.78, 5) is 28.4. The molecule has 10 nitrogen and oxygen atoms in total. The standard InChI is InChI=1S/C25H25N5O5/c1-33-21-9-6-17(22(11-21)34-2)15-30-23-18(14-28-30)10-19(13-26-23)24(31)27-12-16-4-7-20(8-5-16)29-25(32)35-3/h4-11,13-14H,12,15H2,1-3H3,(H,27,31)(H,29,32). The Morgan fingerprint density at radius 3 is 2.49 bits per heavy atom. The third kappa shape index (κ3) is 5.49. The molecular formula is C25H25N5O5. The zero-order valence-electron chi connectivity index (χ0n) is 19.6. The highest BCUT2D eigenvalue weighted by Crippen LogP contribution is 2.26. The van der Waals surface area contributed by atoms with Crippen molar-refractivity contribution in [2.45, 2.75) is 13.1 Å². The molecule has 0 spiro atoms. The zero-order chi connectivity index (χ0) is 24.8. The molecule has 180 valence electrons. The Bertz CT molecular complexity index is 1350. The van der Waals surface area contributed by atoms with Crippen LogP contribution in [0.3, 0.4) is 0 Å². The van der Waals surface area contributed by atoms with E-state index in [0.717, 1.165) is 16.5 Å². The first-order chi connectivity index (χ1) is 17.0. The molecule has 4 aromatic rings. The van der Waals surface area contributed by atoms with Gasteiger partial charge < -0.3 is 19.5 Å². The minimum Gasteiger partial charge on any atom is -0.497 e. The second-order valence-corrected chi connectivity index (χ2v) is 7.61. The van der Waals surface area contributed by atoms with Gasteiger partial charge in [0.25, 0.3) is 5.91 Å². The summed E-state index contributed by atoms with van der Waals surface area (Å²) in [5.41, 5.74) is 3.50. The third-order valence-corrected chi connectivity index (χ3v) is 5.39. The summed E-state index contributed by atoms with van der Waals surface area (Å²) in [6, 6.07) is 14.5. The number of hydrogen-bond donors (Lipinski definition) is 2. The molecule has 2 heterocycles. The number of anilines is 1. The Morgan fingerprint density at radius 2 is 1.77 bits per heavy atom. The fourth-order valence-corrected chi connectivity index (χ4v) is 3.51. The van der Waals surface area contributed by atoms with Gasteiger partial charge in [-0.1, -0.05) is 12.1 Å². The van der Waals surface area contributed by atoms with Crippen molar-refractivity contribution in [3.8, 4) is 11.5 Å². The number of pyridine rings is 1. The maximum atomic E-state index is 12.7. The van der Waals surface area contributed by atoms with Crippen molar-refractivity contribution in [2.75, 3.05) is 26.6 Å². The number of hydrogen-bond acceptors (Lipinski definition) is 7. The molecule has 2 amide bonds. The highest BCUT2D eigenvalue weighted by molar-refractivity contribution is 5.96. The van der Waals surface area contributed by atoms with E-state index in [9.17, 15) is 9.59 Å². The van der Waals surface area contributed by atoms with Gasteiger partial charge in [0.2, 0.25) is 0 Å². The fraction of sp³-hybridized carbons (Fsp3) is 0.200. The van der Waals surface area contributed by atoms with Crippen LogP contribution in [0.15, 0.2) is 60.9 Å². The molecule has 10 heteroatoms. The lowest BCUT2D eigenvalue weighted by molar-refractivity contribution is 0.0950. The summed E-state index contributed by atoms with van der Waals surface area (Å²) >= 11 is 0. The monoisotopic (exact) mass is 475 g/mol. The fourth-order valence-electron chi connectivity index (χ4n) is 3.51. The summed E-state index contributed by atoms with van der Waals surface area (Å²) in [7, 11) is 4.51. The van der Waals surface area contributed by atoms with E-state index in [0.29, 0.717) is 41.5 Å². The van der Waals surface area contributed by atoms with Crippen LogP contribution < -0.4 is 20.1 Å². The molecule has 0 aliphatic rings. The van der Waals surface area contributed by atoms with Crippen molar-refractivity contribution in [1.82, 2.24) is 20.1 Å². The number of carbonyl (C=O) groups excluding carboxylic acids is 2. The Morgan fingerprint density at radius 1 is 0.971 bits per heavy atom. The largest absolute Gasteiger partial charge is 0.497 e. The Kier molecular flexibility index (Phi) is 7.10. The van der Waals surface area contributed by atoms with Gasteiger partial charge in [-0.3, -0.25) is 10.1 Å². The lowest BCUT2D eigenvalue weighted by atomic mass is 10.2.